The minimum absolute atomic E-state index is 0.0242. The summed E-state index contributed by atoms with van der Waals surface area (Å²) in [6, 6.07) is 3.25. The van der Waals surface area contributed by atoms with Crippen molar-refractivity contribution in [3.05, 3.63) is 39.6 Å². The Morgan fingerprint density at radius 2 is 1.85 bits per heavy atom. The van der Waals surface area contributed by atoms with E-state index in [0.717, 1.165) is 12.1 Å². The van der Waals surface area contributed by atoms with E-state index < -0.39 is 28.5 Å². The number of nitrogens with zero attached hydrogens (tertiary/aromatic N) is 1. The summed E-state index contributed by atoms with van der Waals surface area (Å²) in [7, 11) is 0. The Labute approximate surface area is 122 Å². The maximum atomic E-state index is 12.2. The number of benzene rings is 1. The van der Waals surface area contributed by atoms with Crippen LogP contribution in [0.4, 0.5) is 5.69 Å². The number of halogens is 2. The van der Waals surface area contributed by atoms with E-state index in [1.165, 1.54) is 6.07 Å². The molecule has 2 aromatic rings. The van der Waals surface area contributed by atoms with Crippen LogP contribution in [0.3, 0.4) is 0 Å². The molecule has 1 heterocycles. The molecule has 0 saturated heterocycles. The van der Waals surface area contributed by atoms with Gasteiger partial charge >= 0.3 is 0 Å². The summed E-state index contributed by atoms with van der Waals surface area (Å²) in [4.78, 5) is 14.6. The zero-order valence-electron chi connectivity index (χ0n) is 9.63. The van der Waals surface area contributed by atoms with Crippen molar-refractivity contribution in [3.8, 4) is 11.5 Å². The van der Waals surface area contributed by atoms with Crippen LogP contribution in [0.2, 0.25) is 10.2 Å². The van der Waals surface area contributed by atoms with Crippen molar-refractivity contribution < 1.29 is 25.4 Å². The summed E-state index contributed by atoms with van der Waals surface area (Å²) in [5.74, 6) is -2.17. The molecule has 0 spiro atoms. The van der Waals surface area contributed by atoms with E-state index in [2.05, 4.69) is 4.98 Å². The molecule has 1 aromatic heterocycles. The molecule has 0 radical (unpaired) electrons. The Morgan fingerprint density at radius 3 is 2.35 bits per heavy atom. The molecule has 9 heteroatoms. The van der Waals surface area contributed by atoms with Crippen molar-refractivity contribution in [1.29, 1.82) is 0 Å². The first-order chi connectivity index (χ1) is 9.32. The number of carbonyl (C=O) groups is 1. The molecular weight excluding hydrogens is 311 g/mol. The number of phenolic OH excluding ortho intramolecular Hbond substituents is 2. The minimum Gasteiger partial charge on any atom is -0.507 e. The number of hydrogen-bond donors (Lipinski definition) is 5. The third-order valence-corrected chi connectivity index (χ3v) is 3.24. The predicted octanol–water partition coefficient (Wildman–Crippen LogP) is 2.55. The fourth-order valence-corrected chi connectivity index (χ4v) is 1.93. The molecule has 5 N–H and O–H groups in total. The number of carbonyl (C=O) groups excluding carboxylic acids is 1. The number of phenols is 2. The molecule has 1 aromatic carbocycles. The Kier molecular flexibility index (Phi) is 3.78. The summed E-state index contributed by atoms with van der Waals surface area (Å²) >= 11 is 11.4. The van der Waals surface area contributed by atoms with Crippen LogP contribution in [0, 0.1) is 0 Å². The van der Waals surface area contributed by atoms with Gasteiger partial charge in [0, 0.05) is 0 Å². The normalized spacial score (nSPS) is 10.6. The van der Waals surface area contributed by atoms with Gasteiger partial charge in [0.1, 0.15) is 22.2 Å². The highest BCUT2D eigenvalue weighted by atomic mass is 35.5. The largest absolute Gasteiger partial charge is 0.507 e. The van der Waals surface area contributed by atoms with Gasteiger partial charge in [0.15, 0.2) is 5.75 Å². The first-order valence-electron chi connectivity index (χ1n) is 5.14. The van der Waals surface area contributed by atoms with E-state index in [1.807, 2.05) is 0 Å². The number of aromatic nitrogens is 1. The lowest BCUT2D eigenvalue weighted by atomic mass is 10.0. The minimum atomic E-state index is -0.822. The van der Waals surface area contributed by atoms with E-state index in [0.29, 0.717) is 0 Å². The summed E-state index contributed by atoms with van der Waals surface area (Å²) in [6.45, 7) is 0. The second-order valence-electron chi connectivity index (χ2n) is 3.79. The summed E-state index contributed by atoms with van der Waals surface area (Å²) in [6.07, 6.45) is 0. The van der Waals surface area contributed by atoms with Crippen molar-refractivity contribution in [1.82, 2.24) is 4.98 Å². The highest BCUT2D eigenvalue weighted by molar-refractivity contribution is 6.41. The van der Waals surface area contributed by atoms with Gasteiger partial charge in [-0.05, 0) is 18.2 Å². The molecule has 0 aliphatic rings. The van der Waals surface area contributed by atoms with Crippen molar-refractivity contribution in [2.75, 3.05) is 5.23 Å². The van der Waals surface area contributed by atoms with Crippen molar-refractivity contribution >= 4 is 34.7 Å². The quantitative estimate of drug-likeness (QED) is 0.438. The van der Waals surface area contributed by atoms with Gasteiger partial charge in [-0.3, -0.25) is 15.2 Å². The number of aromatic amines is 1. The maximum absolute atomic E-state index is 12.2. The lowest BCUT2D eigenvalue weighted by Crippen LogP contribution is -2.13. The SMILES string of the molecule is O=C(c1cc(Cl)c(Cl)[nH]1)c1c(O)ccc(N(O)O)c1O. The van der Waals surface area contributed by atoms with Gasteiger partial charge in [0.2, 0.25) is 5.78 Å². The molecule has 2 rings (SSSR count). The van der Waals surface area contributed by atoms with Crippen molar-refractivity contribution in [2.24, 2.45) is 0 Å². The second kappa shape index (κ2) is 5.22. The van der Waals surface area contributed by atoms with Crippen LogP contribution in [-0.2, 0) is 0 Å². The van der Waals surface area contributed by atoms with Crippen LogP contribution in [0.15, 0.2) is 18.2 Å². The molecule has 0 aliphatic heterocycles. The molecule has 0 unspecified atom stereocenters. The lowest BCUT2D eigenvalue weighted by molar-refractivity contribution is 0.0279. The first kappa shape index (κ1) is 14.5. The van der Waals surface area contributed by atoms with Crippen LogP contribution < -0.4 is 5.23 Å². The van der Waals surface area contributed by atoms with Crippen LogP contribution in [0.25, 0.3) is 0 Å². The number of H-pyrrole nitrogens is 1. The third-order valence-electron chi connectivity index (χ3n) is 2.55. The van der Waals surface area contributed by atoms with Crippen molar-refractivity contribution in [3.63, 3.8) is 0 Å². The number of aromatic hydroxyl groups is 2. The molecule has 7 nitrogen and oxygen atoms in total. The van der Waals surface area contributed by atoms with Gasteiger partial charge in [-0.1, -0.05) is 23.2 Å². The average Bonchev–Trinajstić information content (AvgIpc) is 2.69. The first-order valence-corrected chi connectivity index (χ1v) is 5.90. The van der Waals surface area contributed by atoms with Gasteiger partial charge in [0.25, 0.3) is 0 Å². The van der Waals surface area contributed by atoms with Crippen LogP contribution in [0.5, 0.6) is 11.5 Å². The number of anilines is 1. The fourth-order valence-electron chi connectivity index (χ4n) is 1.62. The van der Waals surface area contributed by atoms with E-state index >= 15 is 0 Å². The fraction of sp³-hybridized carbons (Fsp3) is 0. The van der Waals surface area contributed by atoms with Crippen molar-refractivity contribution in [2.45, 2.75) is 0 Å². The van der Waals surface area contributed by atoms with Crippen LogP contribution in [-0.4, -0.2) is 31.4 Å². The maximum Gasteiger partial charge on any atom is 0.216 e. The summed E-state index contributed by atoms with van der Waals surface area (Å²) in [5, 5.41) is 37.0. The number of ketones is 1. The second-order valence-corrected chi connectivity index (χ2v) is 4.58. The molecular formula is C11H8Cl2N2O5. The van der Waals surface area contributed by atoms with E-state index in [-0.39, 0.29) is 21.1 Å². The standard InChI is InChI=1S/C11H8Cl2N2O5/c12-4-3-5(14-11(4)13)9(17)8-7(16)2-1-6(10(8)18)15(19)20/h1-3,14,16,18-20H. The molecule has 0 bridgehead atoms. The number of rotatable bonds is 3. The predicted molar refractivity (Wildman–Crippen MR) is 70.1 cm³/mol. The van der Waals surface area contributed by atoms with Crippen LogP contribution in [0.1, 0.15) is 16.1 Å². The molecule has 0 saturated carbocycles. The van der Waals surface area contributed by atoms with Gasteiger partial charge in [-0.2, -0.15) is 0 Å². The Balaban J connectivity index is 2.57. The zero-order chi connectivity index (χ0) is 15.0. The summed E-state index contributed by atoms with van der Waals surface area (Å²) in [5.41, 5.74) is -1.08. The number of hydrogen-bond acceptors (Lipinski definition) is 6. The number of nitrogens with one attached hydrogen (secondary N) is 1. The Hall–Kier alpha value is -1.93. The lowest BCUT2D eigenvalue weighted by Gasteiger charge is -2.13. The zero-order valence-corrected chi connectivity index (χ0v) is 11.1. The van der Waals surface area contributed by atoms with Gasteiger partial charge in [-0.25, -0.2) is 0 Å². The molecule has 0 fully saturated rings. The Bertz CT molecular complexity index is 664. The molecule has 20 heavy (non-hydrogen) atoms. The van der Waals surface area contributed by atoms with E-state index in [4.69, 9.17) is 33.6 Å². The molecule has 0 aliphatic carbocycles. The average molecular weight is 319 g/mol. The highest BCUT2D eigenvalue weighted by Gasteiger charge is 2.24. The summed E-state index contributed by atoms with van der Waals surface area (Å²) < 4.78 is 0. The topological polar surface area (TPSA) is 117 Å². The van der Waals surface area contributed by atoms with Gasteiger partial charge < -0.3 is 15.2 Å². The third kappa shape index (κ3) is 2.39. The Morgan fingerprint density at radius 1 is 1.20 bits per heavy atom. The van der Waals surface area contributed by atoms with E-state index in [1.54, 1.807) is 0 Å². The molecule has 106 valence electrons. The van der Waals surface area contributed by atoms with Gasteiger partial charge in [-0.15, -0.1) is 5.23 Å². The van der Waals surface area contributed by atoms with Gasteiger partial charge in [0.05, 0.1) is 10.7 Å². The molecule has 0 atom stereocenters. The highest BCUT2D eigenvalue weighted by Crippen LogP contribution is 2.37. The monoisotopic (exact) mass is 318 g/mol. The van der Waals surface area contributed by atoms with E-state index in [9.17, 15) is 15.0 Å². The molecule has 0 amide bonds. The van der Waals surface area contributed by atoms with Crippen LogP contribution >= 0.6 is 23.2 Å². The smallest absolute Gasteiger partial charge is 0.216 e.